The molecular weight excluding hydrogens is 1620 g/mol. The second kappa shape index (κ2) is 34.3. The molecular formula is C118H78BN9O4. The quantitative estimate of drug-likeness (QED) is 0.0530. The van der Waals surface area contributed by atoms with Gasteiger partial charge in [-0.2, -0.15) is 0 Å². The molecule has 622 valence electrons. The van der Waals surface area contributed by atoms with Crippen LogP contribution in [0.2, 0.25) is 0 Å². The summed E-state index contributed by atoms with van der Waals surface area (Å²) in [5.41, 5.74) is 27.6. The van der Waals surface area contributed by atoms with Crippen LogP contribution in [0, 0.1) is 0 Å². The van der Waals surface area contributed by atoms with E-state index in [1.54, 1.807) is 0 Å². The van der Waals surface area contributed by atoms with Crippen molar-refractivity contribution in [3.63, 3.8) is 0 Å². The Morgan fingerprint density at radius 1 is 0.235 bits per heavy atom. The van der Waals surface area contributed by atoms with Gasteiger partial charge in [0.1, 0.15) is 13.2 Å². The second-order valence-electron chi connectivity index (χ2n) is 33.1. The monoisotopic (exact) mass is 1700 g/mol. The van der Waals surface area contributed by atoms with Crippen LogP contribution in [0.3, 0.4) is 0 Å². The molecule has 14 heteroatoms. The molecule has 13 nitrogen and oxygen atoms in total. The van der Waals surface area contributed by atoms with Gasteiger partial charge in [-0.15, -0.1) is 0 Å². The highest BCUT2D eigenvalue weighted by molar-refractivity contribution is 7.00. The van der Waals surface area contributed by atoms with Gasteiger partial charge in [-0.1, -0.05) is 340 Å². The minimum Gasteiger partial charge on any atom is -0.457 e. The molecule has 0 spiro atoms. The molecule has 0 unspecified atom stereocenters. The molecule has 0 fully saturated rings. The molecule has 18 aromatic carbocycles. The first kappa shape index (κ1) is 79.1. The number of carbonyl (C=O) groups is 2. The van der Waals surface area contributed by atoms with Crippen molar-refractivity contribution in [1.82, 2.24) is 34.5 Å². The molecule has 5 heterocycles. The topological polar surface area (TPSA) is 141 Å². The zero-order chi connectivity index (χ0) is 88.0. The van der Waals surface area contributed by atoms with Gasteiger partial charge in [0.15, 0.2) is 34.9 Å². The fourth-order valence-electron chi connectivity index (χ4n) is 18.6. The summed E-state index contributed by atoms with van der Waals surface area (Å²) in [4.78, 5) is 67.1. The molecule has 3 aromatic heterocycles. The van der Waals surface area contributed by atoms with Gasteiger partial charge in [0.05, 0.1) is 27.8 Å². The van der Waals surface area contributed by atoms with Crippen molar-refractivity contribution in [3.05, 3.63) is 471 Å². The molecule has 21 aromatic rings. The summed E-state index contributed by atoms with van der Waals surface area (Å²) in [5.74, 6) is 2.02. The van der Waals surface area contributed by atoms with E-state index in [2.05, 4.69) is 233 Å². The predicted octanol–water partition coefficient (Wildman–Crippen LogP) is 26.3. The van der Waals surface area contributed by atoms with Crippen LogP contribution in [0.5, 0.6) is 0 Å². The fourth-order valence-corrected chi connectivity index (χ4v) is 18.6. The molecule has 2 aliphatic heterocycles. The Labute approximate surface area is 763 Å². The van der Waals surface area contributed by atoms with Gasteiger partial charge in [-0.25, -0.2) is 39.5 Å². The molecule has 0 radical (unpaired) electrons. The van der Waals surface area contributed by atoms with Crippen molar-refractivity contribution in [2.75, 3.05) is 9.80 Å². The predicted molar refractivity (Wildman–Crippen MR) is 532 cm³/mol. The lowest BCUT2D eigenvalue weighted by Crippen LogP contribution is -2.61. The Hall–Kier alpha value is -17.6. The molecule has 0 N–H and O–H groups in total. The first-order valence-corrected chi connectivity index (χ1v) is 44.2. The van der Waals surface area contributed by atoms with Crippen molar-refractivity contribution < 1.29 is 19.1 Å². The highest BCUT2D eigenvalue weighted by Crippen LogP contribution is 2.51. The highest BCUT2D eigenvalue weighted by atomic mass is 16.5. The van der Waals surface area contributed by atoms with Gasteiger partial charge in [0, 0.05) is 78.3 Å². The number of ether oxygens (including phenoxy) is 2. The summed E-state index contributed by atoms with van der Waals surface area (Å²) in [5, 5.41) is 1.96. The Kier molecular flexibility index (Phi) is 20.5. The highest BCUT2D eigenvalue weighted by Gasteiger charge is 2.45. The number of carbonyl (C=O) groups excluding carboxylic acids is 2. The third-order valence-electron chi connectivity index (χ3n) is 24.9. The minimum absolute atomic E-state index is 0.0735. The summed E-state index contributed by atoms with van der Waals surface area (Å²) in [7, 11) is 0. The molecule has 0 saturated carbocycles. The van der Waals surface area contributed by atoms with Gasteiger partial charge in [-0.05, 0) is 192 Å². The Morgan fingerprint density at radius 2 is 0.561 bits per heavy atom. The van der Waals surface area contributed by atoms with Gasteiger partial charge in [0.25, 0.3) is 6.71 Å². The summed E-state index contributed by atoms with van der Waals surface area (Å²) in [6.45, 7) is -0.365. The summed E-state index contributed by atoms with van der Waals surface area (Å²) in [6, 6.07) is 154. The average Bonchev–Trinajstić information content (AvgIpc) is 1.00. The Bertz CT molecular complexity index is 7490. The van der Waals surface area contributed by atoms with Gasteiger partial charge >= 0.3 is 11.9 Å². The lowest BCUT2D eigenvalue weighted by Gasteiger charge is -2.45. The van der Waals surface area contributed by atoms with E-state index < -0.39 is 18.7 Å². The van der Waals surface area contributed by atoms with Crippen molar-refractivity contribution in [2.45, 2.75) is 13.2 Å². The minimum atomic E-state index is -0.512. The zero-order valence-corrected chi connectivity index (χ0v) is 71.4. The van der Waals surface area contributed by atoms with E-state index in [9.17, 15) is 0 Å². The maximum atomic E-state index is 15.2. The SMILES string of the molecule is O=C(OCc1ccccc1)c1ccc2c(c1)N(c1cc(-c3ccccc3)cc(-c3ccccc3)c1)c1cc(-c3ccc4c(c3)c3ccccc3n4-c3ccc(-c4nc(-c5ccccc5)nc(-c5ccccc5)n4)cc3-c3nc(-c4ccccc4)nc(-c4ccccc4)n3)cc3c1B2c1ccc(C(=O)OCc2ccccc2)cc1N3c1cc(-c2ccccc2)cc(-c2ccccc2)c1. The van der Waals surface area contributed by atoms with Crippen LogP contribution in [-0.2, 0) is 22.7 Å². The number of fused-ring (bicyclic) bond motifs is 7. The van der Waals surface area contributed by atoms with Gasteiger partial charge < -0.3 is 23.8 Å². The summed E-state index contributed by atoms with van der Waals surface area (Å²) in [6.07, 6.45) is 0. The number of esters is 2. The Morgan fingerprint density at radius 3 is 0.955 bits per heavy atom. The van der Waals surface area contributed by atoms with Crippen molar-refractivity contribution in [1.29, 1.82) is 0 Å². The van der Waals surface area contributed by atoms with Crippen molar-refractivity contribution in [3.8, 4) is 130 Å². The van der Waals surface area contributed by atoms with E-state index in [0.29, 0.717) is 57.2 Å². The van der Waals surface area contributed by atoms with Crippen LogP contribution < -0.4 is 26.2 Å². The van der Waals surface area contributed by atoms with E-state index in [1.807, 2.05) is 231 Å². The molecule has 23 rings (SSSR count). The molecule has 0 atom stereocenters. The van der Waals surface area contributed by atoms with E-state index in [-0.39, 0.29) is 13.2 Å². The van der Waals surface area contributed by atoms with Crippen molar-refractivity contribution >= 4 is 91.0 Å². The van der Waals surface area contributed by atoms with Crippen LogP contribution in [0.4, 0.5) is 34.1 Å². The maximum absolute atomic E-state index is 15.2. The van der Waals surface area contributed by atoms with Crippen LogP contribution in [0.25, 0.3) is 151 Å². The number of para-hydroxylation sites is 1. The fraction of sp³-hybridized carbons (Fsp3) is 0.0169. The second-order valence-corrected chi connectivity index (χ2v) is 33.1. The van der Waals surface area contributed by atoms with Crippen molar-refractivity contribution in [2.24, 2.45) is 0 Å². The number of benzene rings is 18. The number of rotatable bonds is 20. The van der Waals surface area contributed by atoms with Crippen LogP contribution >= 0.6 is 0 Å². The van der Waals surface area contributed by atoms with Gasteiger partial charge in [-0.3, -0.25) is 0 Å². The first-order chi connectivity index (χ1) is 65.2. The number of anilines is 6. The Balaban J connectivity index is 0.791. The lowest BCUT2D eigenvalue weighted by molar-refractivity contribution is 0.0464. The van der Waals surface area contributed by atoms with E-state index in [0.717, 1.165) is 167 Å². The average molecular weight is 1700 g/mol. The smallest absolute Gasteiger partial charge is 0.338 e. The third-order valence-corrected chi connectivity index (χ3v) is 24.9. The largest absolute Gasteiger partial charge is 0.457 e. The van der Waals surface area contributed by atoms with E-state index in [4.69, 9.17) is 39.4 Å². The van der Waals surface area contributed by atoms with E-state index in [1.165, 1.54) is 0 Å². The molecule has 2 aliphatic rings. The number of aromatic nitrogens is 7. The number of hydrogen-bond acceptors (Lipinski definition) is 12. The molecule has 0 bridgehead atoms. The number of nitrogens with zero attached hydrogens (tertiary/aromatic N) is 9. The zero-order valence-electron chi connectivity index (χ0n) is 71.4. The molecule has 0 amide bonds. The lowest BCUT2D eigenvalue weighted by atomic mass is 9.33. The van der Waals surface area contributed by atoms with Gasteiger partial charge in [0.2, 0.25) is 0 Å². The van der Waals surface area contributed by atoms with Crippen LogP contribution in [-0.4, -0.2) is 53.1 Å². The van der Waals surface area contributed by atoms with Crippen LogP contribution in [0.1, 0.15) is 31.8 Å². The summed E-state index contributed by atoms with van der Waals surface area (Å²) < 4.78 is 15.0. The van der Waals surface area contributed by atoms with Crippen LogP contribution in [0.15, 0.2) is 449 Å². The molecule has 132 heavy (non-hydrogen) atoms. The maximum Gasteiger partial charge on any atom is 0.338 e. The standard InChI is InChI=1S/C118H78BN9O4/c129-117(131-75-77-33-11-1-12-34-77)89-55-59-101-106(71-89)126(96-65-91(79-37-15-3-16-38-79)63-92(66-96)80-39-17-4-18-40-80)108-73-95(74-109-110(108)119(101)102-60-56-90(118(130)132-76-78-35-13-2-14-36-78)72-107(102)127(109)97-67-93(81-41-19-5-20-42-81)64-94(68-97)82-43-21-6-22-44-82)87-57-61-104-99(69-87)98-53-31-32-54-103(98)128(104)105-62-58-88(115-122-111(83-45-23-7-24-46-83)120-112(123-115)84-47-25-8-26-48-84)70-100(105)116-124-113(85-49-27-9-28-50-85)121-114(125-116)86-51-29-10-30-52-86/h1-74H,75-76H2. The third kappa shape index (κ3) is 15.1. The molecule has 0 aliphatic carbocycles. The normalized spacial score (nSPS) is 11.9. The first-order valence-electron chi connectivity index (χ1n) is 44.2. The summed E-state index contributed by atoms with van der Waals surface area (Å²) >= 11 is 0. The molecule has 0 saturated heterocycles. The van der Waals surface area contributed by atoms with E-state index >= 15 is 9.59 Å². The number of hydrogen-bond donors (Lipinski definition) is 0.